The van der Waals surface area contributed by atoms with Crippen LogP contribution in [-0.2, 0) is 28.6 Å². The first-order valence-electron chi connectivity index (χ1n) is 31.7. The van der Waals surface area contributed by atoms with Crippen molar-refractivity contribution >= 4 is 17.9 Å². The second kappa shape index (κ2) is 62.9. The molecule has 0 spiro atoms. The first kappa shape index (κ1) is 71.3. The summed E-state index contributed by atoms with van der Waals surface area (Å²) in [5, 5.41) is 0. The summed E-state index contributed by atoms with van der Waals surface area (Å²) < 4.78 is 16.9. The number of rotatable bonds is 57. The zero-order valence-corrected chi connectivity index (χ0v) is 49.3. The quantitative estimate of drug-likeness (QED) is 0.0261. The number of hydrogen-bond acceptors (Lipinski definition) is 6. The highest BCUT2D eigenvalue weighted by Gasteiger charge is 2.19. The Balaban J connectivity index is 4.36. The molecule has 0 rings (SSSR count). The third-order valence-corrected chi connectivity index (χ3v) is 13.6. The van der Waals surface area contributed by atoms with Crippen molar-refractivity contribution in [3.8, 4) is 0 Å². The Bertz CT molecular complexity index is 1480. The molecule has 0 saturated heterocycles. The van der Waals surface area contributed by atoms with Gasteiger partial charge < -0.3 is 14.2 Å². The van der Waals surface area contributed by atoms with E-state index in [-0.39, 0.29) is 31.1 Å². The maximum absolute atomic E-state index is 12.9. The molecule has 0 aromatic carbocycles. The molecule has 6 heteroatoms. The fourth-order valence-electron chi connectivity index (χ4n) is 8.84. The van der Waals surface area contributed by atoms with Crippen LogP contribution in [0, 0.1) is 0 Å². The molecule has 6 nitrogen and oxygen atoms in total. The number of esters is 3. The lowest BCUT2D eigenvalue weighted by Crippen LogP contribution is -2.30. The third-order valence-electron chi connectivity index (χ3n) is 13.6. The van der Waals surface area contributed by atoms with Gasteiger partial charge in [-0.1, -0.05) is 285 Å². The van der Waals surface area contributed by atoms with Crippen molar-refractivity contribution in [2.24, 2.45) is 0 Å². The molecule has 0 saturated carbocycles. The summed E-state index contributed by atoms with van der Waals surface area (Å²) >= 11 is 0. The van der Waals surface area contributed by atoms with Crippen LogP contribution in [0.3, 0.4) is 0 Å². The van der Waals surface area contributed by atoms with Crippen LogP contribution >= 0.6 is 0 Å². The van der Waals surface area contributed by atoms with E-state index in [4.69, 9.17) is 14.2 Å². The van der Waals surface area contributed by atoms with E-state index in [9.17, 15) is 14.4 Å². The molecular formula is C69H118O6. The molecule has 0 aliphatic heterocycles. The van der Waals surface area contributed by atoms with Crippen LogP contribution < -0.4 is 0 Å². The van der Waals surface area contributed by atoms with Gasteiger partial charge in [-0.05, 0) is 96.3 Å². The molecule has 0 aromatic rings. The van der Waals surface area contributed by atoms with Crippen LogP contribution in [0.4, 0.5) is 0 Å². The highest BCUT2D eigenvalue weighted by molar-refractivity contribution is 5.71. The second-order valence-corrected chi connectivity index (χ2v) is 20.9. The molecule has 0 N–H and O–H groups in total. The van der Waals surface area contributed by atoms with E-state index >= 15 is 0 Å². The average Bonchev–Trinajstić information content (AvgIpc) is 3.41. The molecule has 0 aliphatic carbocycles. The van der Waals surface area contributed by atoms with Crippen LogP contribution in [0.1, 0.15) is 303 Å². The molecule has 0 fully saturated rings. The molecule has 0 aromatic heterocycles. The summed E-state index contributed by atoms with van der Waals surface area (Å²) in [6.07, 6.45) is 84.1. The van der Waals surface area contributed by atoms with Crippen LogP contribution in [0.15, 0.2) is 97.2 Å². The van der Waals surface area contributed by atoms with Crippen molar-refractivity contribution in [3.05, 3.63) is 97.2 Å². The van der Waals surface area contributed by atoms with Gasteiger partial charge in [-0.15, -0.1) is 0 Å². The van der Waals surface area contributed by atoms with Crippen molar-refractivity contribution in [1.82, 2.24) is 0 Å². The van der Waals surface area contributed by atoms with E-state index in [2.05, 4.69) is 118 Å². The van der Waals surface area contributed by atoms with Gasteiger partial charge in [-0.25, -0.2) is 0 Å². The fourth-order valence-corrected chi connectivity index (χ4v) is 8.84. The van der Waals surface area contributed by atoms with Gasteiger partial charge in [-0.3, -0.25) is 14.4 Å². The van der Waals surface area contributed by atoms with Gasteiger partial charge in [0.1, 0.15) is 13.2 Å². The summed E-state index contributed by atoms with van der Waals surface area (Å²) in [6.45, 7) is 6.47. The Morgan fingerprint density at radius 3 is 0.867 bits per heavy atom. The van der Waals surface area contributed by atoms with Crippen molar-refractivity contribution in [2.45, 2.75) is 309 Å². The molecule has 0 bridgehead atoms. The molecule has 0 amide bonds. The number of allylic oxidation sites excluding steroid dienone is 16. The zero-order valence-electron chi connectivity index (χ0n) is 49.3. The van der Waals surface area contributed by atoms with Gasteiger partial charge >= 0.3 is 17.9 Å². The summed E-state index contributed by atoms with van der Waals surface area (Å²) in [6, 6.07) is 0. The maximum Gasteiger partial charge on any atom is 0.306 e. The minimum atomic E-state index is -0.790. The number of ether oxygens (including phenoxy) is 3. The molecule has 1 unspecified atom stereocenters. The van der Waals surface area contributed by atoms with Gasteiger partial charge in [0.05, 0.1) is 0 Å². The minimum absolute atomic E-state index is 0.0877. The number of unbranched alkanes of at least 4 members (excludes halogenated alkanes) is 30. The van der Waals surface area contributed by atoms with Crippen molar-refractivity contribution in [2.75, 3.05) is 13.2 Å². The molecule has 75 heavy (non-hydrogen) atoms. The van der Waals surface area contributed by atoms with Crippen LogP contribution in [0.25, 0.3) is 0 Å². The van der Waals surface area contributed by atoms with Crippen molar-refractivity contribution < 1.29 is 28.6 Å². The Kier molecular flexibility index (Phi) is 59.8. The van der Waals surface area contributed by atoms with Crippen molar-refractivity contribution in [1.29, 1.82) is 0 Å². The summed E-state index contributed by atoms with van der Waals surface area (Å²) in [5.41, 5.74) is 0. The van der Waals surface area contributed by atoms with E-state index in [0.717, 1.165) is 141 Å². The monoisotopic (exact) mass is 1040 g/mol. The molecule has 430 valence electrons. The minimum Gasteiger partial charge on any atom is -0.462 e. The van der Waals surface area contributed by atoms with Crippen LogP contribution in [-0.4, -0.2) is 37.2 Å². The zero-order chi connectivity index (χ0) is 54.3. The van der Waals surface area contributed by atoms with E-state index in [1.807, 2.05) is 0 Å². The lowest BCUT2D eigenvalue weighted by molar-refractivity contribution is -0.167. The largest absolute Gasteiger partial charge is 0.462 e. The van der Waals surface area contributed by atoms with Gasteiger partial charge in [0, 0.05) is 19.3 Å². The Morgan fingerprint density at radius 2 is 0.547 bits per heavy atom. The predicted octanol–water partition coefficient (Wildman–Crippen LogP) is 21.7. The predicted molar refractivity (Wildman–Crippen MR) is 325 cm³/mol. The number of carbonyl (C=O) groups excluding carboxylic acids is 3. The van der Waals surface area contributed by atoms with Crippen molar-refractivity contribution in [3.63, 3.8) is 0 Å². The SMILES string of the molecule is CC/C=C\C/C=C\C/C=C\C/C=C\C/C=C\C/C=C\CCCCCCCCC(=O)OCC(COC(=O)CCCCCCC/C=C\C/C=C\CCC)OC(=O)CCCCCCCCCCCCCCCCCCCCC. The lowest BCUT2D eigenvalue weighted by Gasteiger charge is -2.18. The van der Waals surface area contributed by atoms with E-state index in [1.54, 1.807) is 0 Å². The van der Waals surface area contributed by atoms with Gasteiger partial charge in [-0.2, -0.15) is 0 Å². The Labute approximate surface area is 464 Å². The Hall–Kier alpha value is -3.67. The number of hydrogen-bond donors (Lipinski definition) is 0. The highest BCUT2D eigenvalue weighted by atomic mass is 16.6. The first-order valence-corrected chi connectivity index (χ1v) is 31.7. The smallest absolute Gasteiger partial charge is 0.306 e. The highest BCUT2D eigenvalue weighted by Crippen LogP contribution is 2.17. The van der Waals surface area contributed by atoms with E-state index < -0.39 is 6.10 Å². The first-order chi connectivity index (χ1) is 37.0. The Morgan fingerprint density at radius 1 is 0.280 bits per heavy atom. The van der Waals surface area contributed by atoms with Crippen LogP contribution in [0.5, 0.6) is 0 Å². The maximum atomic E-state index is 12.9. The van der Waals surface area contributed by atoms with E-state index in [1.165, 1.54) is 122 Å². The molecule has 0 aliphatic rings. The number of carbonyl (C=O) groups is 3. The molecule has 1 atom stereocenters. The van der Waals surface area contributed by atoms with Gasteiger partial charge in [0.15, 0.2) is 6.10 Å². The van der Waals surface area contributed by atoms with Gasteiger partial charge in [0.2, 0.25) is 0 Å². The summed E-state index contributed by atoms with van der Waals surface area (Å²) in [4.78, 5) is 38.3. The van der Waals surface area contributed by atoms with Gasteiger partial charge in [0.25, 0.3) is 0 Å². The normalized spacial score (nSPS) is 12.7. The lowest BCUT2D eigenvalue weighted by atomic mass is 10.0. The third kappa shape index (κ3) is 61.1. The fraction of sp³-hybridized carbons (Fsp3) is 0.725. The molecule has 0 radical (unpaired) electrons. The molecule has 0 heterocycles. The second-order valence-electron chi connectivity index (χ2n) is 20.9. The average molecular weight is 1040 g/mol. The molecular weight excluding hydrogens is 925 g/mol. The summed E-state index contributed by atoms with van der Waals surface area (Å²) in [5.74, 6) is -0.904. The topological polar surface area (TPSA) is 78.9 Å². The van der Waals surface area contributed by atoms with E-state index in [0.29, 0.717) is 19.3 Å². The summed E-state index contributed by atoms with van der Waals surface area (Å²) in [7, 11) is 0. The standard InChI is InChI=1S/C69H118O6/c1-4-7-10-13-16-19-22-25-27-29-31-32-33-34-35-36-38-39-41-44-47-50-53-56-59-62-68(71)74-65-66(64-73-67(70)61-58-55-52-49-46-43-24-21-18-15-12-9-6-3)75-69(72)63-60-57-54-51-48-45-42-40-37-30-28-26-23-20-17-14-11-8-5-2/h7,10,12,15-16,19,21,24-25,27,31-32,34-35,38-39,66H,4-6,8-9,11,13-14,17-18,20,22-23,26,28-30,33,36-37,40-65H2,1-3H3/b10-7-,15-12-,19-16-,24-21-,27-25-,32-31-,35-34-,39-38-. The van der Waals surface area contributed by atoms with Crippen LogP contribution in [0.2, 0.25) is 0 Å².